The Bertz CT molecular complexity index is 1660. The number of carboxylic acid groups (broad SMARTS) is 1. The summed E-state index contributed by atoms with van der Waals surface area (Å²) in [5.74, 6) is -2.51. The minimum Gasteiger partial charge on any atom is -0.507 e. The lowest BCUT2D eigenvalue weighted by Crippen LogP contribution is -2.30. The number of aliphatic hydroxyl groups excluding tert-OH is 1. The number of Topliss-reactive ketones (excluding diaryl/α,β-unsaturated/α-hetero) is 1. The van der Waals surface area contributed by atoms with Crippen LogP contribution in [0.4, 0.5) is 5.95 Å². The van der Waals surface area contributed by atoms with Gasteiger partial charge in [0.1, 0.15) is 17.3 Å². The molecule has 1 saturated heterocycles. The normalized spacial score (nSPS) is 16.6. The summed E-state index contributed by atoms with van der Waals surface area (Å²) < 4.78 is 10.8. The van der Waals surface area contributed by atoms with Gasteiger partial charge < -0.3 is 24.7 Å². The number of rotatable bonds is 7. The van der Waals surface area contributed by atoms with Crippen molar-refractivity contribution in [2.75, 3.05) is 18.6 Å². The number of aliphatic hydroxyl groups is 1. The van der Waals surface area contributed by atoms with Crippen LogP contribution in [0.2, 0.25) is 5.02 Å². The van der Waals surface area contributed by atoms with Gasteiger partial charge in [-0.05, 0) is 61.0 Å². The van der Waals surface area contributed by atoms with Gasteiger partial charge in [-0.15, -0.1) is 0 Å². The van der Waals surface area contributed by atoms with E-state index in [0.717, 1.165) is 4.90 Å². The molecule has 0 bridgehead atoms. The number of anilines is 1. The Kier molecular flexibility index (Phi) is 6.71. The van der Waals surface area contributed by atoms with Crippen molar-refractivity contribution in [3.8, 4) is 11.5 Å². The van der Waals surface area contributed by atoms with Crippen molar-refractivity contribution in [3.05, 3.63) is 87.9 Å². The number of aromatic nitrogens is 2. The van der Waals surface area contributed by atoms with Gasteiger partial charge in [-0.25, -0.2) is 9.78 Å². The van der Waals surface area contributed by atoms with Crippen LogP contribution in [0.3, 0.4) is 0 Å². The zero-order valence-electron chi connectivity index (χ0n) is 20.8. The first-order chi connectivity index (χ1) is 18.7. The monoisotopic (exact) mass is 547 g/mol. The molecule has 39 heavy (non-hydrogen) atoms. The Morgan fingerprint density at radius 3 is 2.44 bits per heavy atom. The molecule has 0 aliphatic carbocycles. The minimum absolute atomic E-state index is 0.0145. The average molecular weight is 548 g/mol. The van der Waals surface area contributed by atoms with Crippen LogP contribution in [0.25, 0.3) is 16.8 Å². The number of benzene rings is 3. The summed E-state index contributed by atoms with van der Waals surface area (Å²) in [7, 11) is 1.51. The highest BCUT2D eigenvalue weighted by Crippen LogP contribution is 2.42. The number of halogens is 1. The predicted octanol–water partition coefficient (Wildman–Crippen LogP) is 4.95. The molecule has 1 aliphatic rings. The number of ether oxygens (including phenoxy) is 2. The van der Waals surface area contributed by atoms with Gasteiger partial charge in [-0.1, -0.05) is 23.7 Å². The number of fused-ring (bicyclic) bond motifs is 1. The quantitative estimate of drug-likeness (QED) is 0.168. The molecule has 1 unspecified atom stereocenters. The number of amides is 1. The van der Waals surface area contributed by atoms with E-state index in [2.05, 4.69) is 9.97 Å². The third-order valence-electron chi connectivity index (χ3n) is 6.32. The van der Waals surface area contributed by atoms with E-state index in [9.17, 15) is 24.6 Å². The van der Waals surface area contributed by atoms with Crippen LogP contribution in [0.1, 0.15) is 34.5 Å². The number of H-pyrrole nitrogens is 1. The number of aromatic carboxylic acids is 1. The number of methoxy groups -OCH3 is 1. The van der Waals surface area contributed by atoms with Gasteiger partial charge in [0.15, 0.2) is 0 Å². The first-order valence-electron chi connectivity index (χ1n) is 11.8. The Labute approximate surface area is 227 Å². The molecule has 0 radical (unpaired) electrons. The van der Waals surface area contributed by atoms with Crippen molar-refractivity contribution in [2.24, 2.45) is 0 Å². The van der Waals surface area contributed by atoms with Crippen molar-refractivity contribution in [3.63, 3.8) is 0 Å². The second-order valence-corrected chi connectivity index (χ2v) is 9.03. The molecule has 5 rings (SSSR count). The summed E-state index contributed by atoms with van der Waals surface area (Å²) in [4.78, 5) is 46.8. The van der Waals surface area contributed by atoms with E-state index < -0.39 is 29.5 Å². The molecule has 3 aromatic carbocycles. The average Bonchev–Trinajstić information content (AvgIpc) is 3.47. The zero-order chi connectivity index (χ0) is 27.8. The van der Waals surface area contributed by atoms with Gasteiger partial charge in [0.2, 0.25) is 5.95 Å². The Hall–Kier alpha value is -4.83. The number of carbonyl (C=O) groups is 3. The maximum absolute atomic E-state index is 13.4. The second kappa shape index (κ2) is 10.1. The van der Waals surface area contributed by atoms with E-state index in [-0.39, 0.29) is 22.6 Å². The van der Waals surface area contributed by atoms with E-state index >= 15 is 0 Å². The van der Waals surface area contributed by atoms with Gasteiger partial charge in [0.05, 0.1) is 47.0 Å². The number of carboxylic acids is 1. The number of imidazole rings is 1. The largest absolute Gasteiger partial charge is 0.507 e. The molecule has 2 heterocycles. The van der Waals surface area contributed by atoms with E-state index in [1.807, 2.05) is 0 Å². The van der Waals surface area contributed by atoms with Gasteiger partial charge in [0.25, 0.3) is 5.78 Å². The van der Waals surface area contributed by atoms with Crippen LogP contribution >= 0.6 is 11.6 Å². The fraction of sp³-hybridized carbons (Fsp3) is 0.143. The van der Waals surface area contributed by atoms with Crippen LogP contribution in [0, 0.1) is 0 Å². The Morgan fingerprint density at radius 2 is 1.77 bits per heavy atom. The molecule has 1 fully saturated rings. The minimum atomic E-state index is -1.12. The van der Waals surface area contributed by atoms with Crippen molar-refractivity contribution < 1.29 is 34.1 Å². The number of ketones is 1. The van der Waals surface area contributed by atoms with Crippen LogP contribution in [-0.2, 0) is 9.59 Å². The number of aromatic amines is 1. The molecule has 11 heteroatoms. The number of hydrogen-bond donors (Lipinski definition) is 3. The van der Waals surface area contributed by atoms with Gasteiger partial charge in [0, 0.05) is 5.56 Å². The number of nitrogens with one attached hydrogen (secondary N) is 1. The lowest BCUT2D eigenvalue weighted by atomic mass is 9.95. The molecular formula is C28H22ClN3O7. The summed E-state index contributed by atoms with van der Waals surface area (Å²) in [5.41, 5.74) is 1.35. The highest BCUT2D eigenvalue weighted by Gasteiger charge is 2.48. The lowest BCUT2D eigenvalue weighted by Gasteiger charge is -2.23. The highest BCUT2D eigenvalue weighted by atomic mass is 35.5. The molecule has 10 nitrogen and oxygen atoms in total. The molecule has 1 aromatic heterocycles. The SMILES string of the molecule is CCOc1cc(/C(O)=C2\C(=O)C(=O)N(c3nc4ccc(C(=O)O)cc4[nH]3)C2c2ccc(OC)cc2)ccc1Cl. The van der Waals surface area contributed by atoms with Crippen molar-refractivity contribution in [1.82, 2.24) is 9.97 Å². The summed E-state index contributed by atoms with van der Waals surface area (Å²) >= 11 is 6.20. The van der Waals surface area contributed by atoms with Crippen molar-refractivity contribution in [2.45, 2.75) is 13.0 Å². The third-order valence-corrected chi connectivity index (χ3v) is 6.64. The molecular weight excluding hydrogens is 526 g/mol. The van der Waals surface area contributed by atoms with Gasteiger partial charge >= 0.3 is 11.9 Å². The molecule has 1 aliphatic heterocycles. The number of hydrogen-bond acceptors (Lipinski definition) is 7. The van der Waals surface area contributed by atoms with Gasteiger partial charge in [-0.2, -0.15) is 0 Å². The van der Waals surface area contributed by atoms with Crippen molar-refractivity contribution in [1.29, 1.82) is 0 Å². The van der Waals surface area contributed by atoms with Crippen LogP contribution in [0.15, 0.2) is 66.2 Å². The molecule has 1 amide bonds. The van der Waals surface area contributed by atoms with E-state index in [4.69, 9.17) is 21.1 Å². The molecule has 198 valence electrons. The van der Waals surface area contributed by atoms with Crippen LogP contribution in [-0.4, -0.2) is 51.6 Å². The fourth-order valence-electron chi connectivity index (χ4n) is 4.47. The van der Waals surface area contributed by atoms with E-state index in [1.165, 1.54) is 43.5 Å². The van der Waals surface area contributed by atoms with Crippen LogP contribution in [0.5, 0.6) is 11.5 Å². The topological polar surface area (TPSA) is 142 Å². The standard InChI is InChI=1S/C28H22ClN3O7/c1-3-39-21-13-15(6-10-18(21)29)24(33)22-23(14-4-8-17(38-2)9-5-14)32(26(35)25(22)34)28-30-19-11-7-16(27(36)37)12-20(19)31-28/h4-13,23,33H,3H2,1-2H3,(H,30,31)(H,36,37)/b24-22+. The molecule has 3 N–H and O–H groups in total. The Morgan fingerprint density at radius 1 is 1.05 bits per heavy atom. The highest BCUT2D eigenvalue weighted by molar-refractivity contribution is 6.51. The number of nitrogens with zero attached hydrogens (tertiary/aromatic N) is 2. The Balaban J connectivity index is 1.70. The third kappa shape index (κ3) is 4.55. The zero-order valence-corrected chi connectivity index (χ0v) is 21.5. The number of carbonyl (C=O) groups excluding carboxylic acids is 2. The summed E-state index contributed by atoms with van der Waals surface area (Å²) in [6.07, 6.45) is 0. The van der Waals surface area contributed by atoms with Crippen molar-refractivity contribution >= 4 is 52.0 Å². The predicted molar refractivity (Wildman–Crippen MR) is 143 cm³/mol. The first-order valence-corrected chi connectivity index (χ1v) is 12.2. The fourth-order valence-corrected chi connectivity index (χ4v) is 4.64. The van der Waals surface area contributed by atoms with E-state index in [0.29, 0.717) is 39.7 Å². The lowest BCUT2D eigenvalue weighted by molar-refractivity contribution is -0.132. The molecule has 4 aromatic rings. The van der Waals surface area contributed by atoms with Crippen LogP contribution < -0.4 is 14.4 Å². The molecule has 0 spiro atoms. The smallest absolute Gasteiger partial charge is 0.335 e. The molecule has 0 saturated carbocycles. The summed E-state index contributed by atoms with van der Waals surface area (Å²) in [5, 5.41) is 21.1. The maximum atomic E-state index is 13.4. The second-order valence-electron chi connectivity index (χ2n) is 8.62. The molecule has 1 atom stereocenters. The van der Waals surface area contributed by atoms with E-state index in [1.54, 1.807) is 31.2 Å². The maximum Gasteiger partial charge on any atom is 0.335 e. The van der Waals surface area contributed by atoms with Gasteiger partial charge in [-0.3, -0.25) is 14.5 Å². The first kappa shape index (κ1) is 25.8. The summed E-state index contributed by atoms with van der Waals surface area (Å²) in [6, 6.07) is 14.4. The summed E-state index contributed by atoms with van der Waals surface area (Å²) in [6.45, 7) is 2.11.